The van der Waals surface area contributed by atoms with Gasteiger partial charge in [-0.2, -0.15) is 0 Å². The molecule has 0 saturated carbocycles. The summed E-state index contributed by atoms with van der Waals surface area (Å²) in [4.78, 5) is 14.4. The Labute approximate surface area is 105 Å². The molecule has 1 fully saturated rings. The number of carboxylic acid groups (broad SMARTS) is 1. The minimum absolute atomic E-state index is 0.156. The van der Waals surface area contributed by atoms with Crippen LogP contribution in [0, 0.1) is 5.92 Å². The van der Waals surface area contributed by atoms with Crippen molar-refractivity contribution in [2.45, 2.75) is 19.4 Å². The standard InChI is InChI=1S/C12H17NO3S/c1-16-10-4-7-17-11(10)8-13-5-2-9(3-6-13)12(14)15/h4,7,9H,2-3,5-6,8H2,1H3,(H,14,15). The molecule has 0 aromatic carbocycles. The molecule has 0 atom stereocenters. The Morgan fingerprint density at radius 1 is 1.59 bits per heavy atom. The molecule has 0 aliphatic carbocycles. The molecule has 1 saturated heterocycles. The number of hydrogen-bond acceptors (Lipinski definition) is 4. The third kappa shape index (κ3) is 2.98. The number of nitrogens with zero attached hydrogens (tertiary/aromatic N) is 1. The average molecular weight is 255 g/mol. The minimum Gasteiger partial charge on any atom is -0.496 e. The Balaban J connectivity index is 1.88. The molecule has 2 heterocycles. The predicted molar refractivity (Wildman–Crippen MR) is 66.5 cm³/mol. The molecular formula is C12H17NO3S. The third-order valence-corrected chi connectivity index (χ3v) is 4.12. The Kier molecular flexibility index (Phi) is 4.02. The zero-order valence-electron chi connectivity index (χ0n) is 9.89. The van der Waals surface area contributed by atoms with Crippen LogP contribution < -0.4 is 4.74 Å². The van der Waals surface area contributed by atoms with Crippen LogP contribution in [-0.4, -0.2) is 36.2 Å². The van der Waals surface area contributed by atoms with Gasteiger partial charge in [0.25, 0.3) is 0 Å². The van der Waals surface area contributed by atoms with Crippen molar-refractivity contribution in [3.63, 3.8) is 0 Å². The first kappa shape index (κ1) is 12.4. The van der Waals surface area contributed by atoms with E-state index < -0.39 is 5.97 Å². The van der Waals surface area contributed by atoms with Crippen LogP contribution in [0.5, 0.6) is 5.75 Å². The lowest BCUT2D eigenvalue weighted by atomic mass is 9.97. The van der Waals surface area contributed by atoms with Gasteiger partial charge in [0, 0.05) is 6.54 Å². The van der Waals surface area contributed by atoms with Gasteiger partial charge >= 0.3 is 5.97 Å². The molecule has 2 rings (SSSR count). The van der Waals surface area contributed by atoms with Gasteiger partial charge in [-0.25, -0.2) is 0 Å². The van der Waals surface area contributed by atoms with Crippen LogP contribution in [0.25, 0.3) is 0 Å². The molecule has 1 aliphatic heterocycles. The van der Waals surface area contributed by atoms with E-state index in [2.05, 4.69) is 4.90 Å². The molecule has 5 heteroatoms. The summed E-state index contributed by atoms with van der Waals surface area (Å²) in [6.07, 6.45) is 1.51. The number of hydrogen-bond donors (Lipinski definition) is 1. The lowest BCUT2D eigenvalue weighted by Crippen LogP contribution is -2.35. The van der Waals surface area contributed by atoms with E-state index in [1.54, 1.807) is 18.4 Å². The number of thiophene rings is 1. The molecule has 0 unspecified atom stereocenters. The van der Waals surface area contributed by atoms with Gasteiger partial charge < -0.3 is 9.84 Å². The summed E-state index contributed by atoms with van der Waals surface area (Å²) in [7, 11) is 1.68. The van der Waals surface area contributed by atoms with Crippen molar-refractivity contribution < 1.29 is 14.6 Å². The highest BCUT2D eigenvalue weighted by molar-refractivity contribution is 7.10. The molecular weight excluding hydrogens is 238 g/mol. The molecule has 17 heavy (non-hydrogen) atoms. The lowest BCUT2D eigenvalue weighted by Gasteiger charge is -2.29. The molecule has 1 N–H and O–H groups in total. The second-order valence-corrected chi connectivity index (χ2v) is 5.30. The maximum atomic E-state index is 10.8. The van der Waals surface area contributed by atoms with Crippen molar-refractivity contribution >= 4 is 17.3 Å². The van der Waals surface area contributed by atoms with Crippen molar-refractivity contribution in [3.05, 3.63) is 16.3 Å². The Bertz CT molecular complexity index is 383. The summed E-state index contributed by atoms with van der Waals surface area (Å²) < 4.78 is 5.28. The van der Waals surface area contributed by atoms with Crippen LogP contribution in [0.4, 0.5) is 0 Å². The van der Waals surface area contributed by atoms with Crippen molar-refractivity contribution in [1.29, 1.82) is 0 Å². The van der Waals surface area contributed by atoms with Crippen molar-refractivity contribution in [2.24, 2.45) is 5.92 Å². The first-order valence-corrected chi connectivity index (χ1v) is 6.64. The monoisotopic (exact) mass is 255 g/mol. The van der Waals surface area contributed by atoms with Gasteiger partial charge in [-0.1, -0.05) is 0 Å². The zero-order valence-corrected chi connectivity index (χ0v) is 10.7. The van der Waals surface area contributed by atoms with E-state index in [1.165, 1.54) is 4.88 Å². The molecule has 0 amide bonds. The first-order chi connectivity index (χ1) is 8.20. The minimum atomic E-state index is -0.654. The van der Waals surface area contributed by atoms with Crippen molar-refractivity contribution in [3.8, 4) is 5.75 Å². The molecule has 1 aliphatic rings. The highest BCUT2D eigenvalue weighted by atomic mass is 32.1. The zero-order chi connectivity index (χ0) is 12.3. The van der Waals surface area contributed by atoms with Gasteiger partial charge in [0.1, 0.15) is 5.75 Å². The van der Waals surface area contributed by atoms with Gasteiger partial charge in [-0.15, -0.1) is 11.3 Å². The van der Waals surface area contributed by atoms with E-state index in [-0.39, 0.29) is 5.92 Å². The Morgan fingerprint density at radius 2 is 2.29 bits per heavy atom. The molecule has 0 radical (unpaired) electrons. The van der Waals surface area contributed by atoms with Crippen molar-refractivity contribution in [2.75, 3.05) is 20.2 Å². The van der Waals surface area contributed by atoms with Crippen LogP contribution in [0.1, 0.15) is 17.7 Å². The topological polar surface area (TPSA) is 49.8 Å². The fourth-order valence-corrected chi connectivity index (χ4v) is 3.05. The predicted octanol–water partition coefficient (Wildman–Crippen LogP) is 2.05. The van der Waals surface area contributed by atoms with Crippen LogP contribution >= 0.6 is 11.3 Å². The largest absolute Gasteiger partial charge is 0.496 e. The maximum absolute atomic E-state index is 10.8. The summed E-state index contributed by atoms with van der Waals surface area (Å²) >= 11 is 1.69. The molecule has 94 valence electrons. The molecule has 1 aromatic heterocycles. The number of methoxy groups -OCH3 is 1. The van der Waals surface area contributed by atoms with Crippen LogP contribution in [0.15, 0.2) is 11.4 Å². The summed E-state index contributed by atoms with van der Waals surface area (Å²) in [5.74, 6) is 0.130. The first-order valence-electron chi connectivity index (χ1n) is 5.76. The van der Waals surface area contributed by atoms with Gasteiger partial charge in [-0.3, -0.25) is 9.69 Å². The van der Waals surface area contributed by atoms with E-state index in [1.807, 2.05) is 11.4 Å². The van der Waals surface area contributed by atoms with Gasteiger partial charge in [0.05, 0.1) is 17.9 Å². The highest BCUT2D eigenvalue weighted by Gasteiger charge is 2.24. The van der Waals surface area contributed by atoms with Gasteiger partial charge in [0.15, 0.2) is 0 Å². The van der Waals surface area contributed by atoms with E-state index in [0.717, 1.165) is 38.2 Å². The highest BCUT2D eigenvalue weighted by Crippen LogP contribution is 2.27. The molecule has 4 nitrogen and oxygen atoms in total. The third-order valence-electron chi connectivity index (χ3n) is 3.23. The van der Waals surface area contributed by atoms with Gasteiger partial charge in [-0.05, 0) is 37.4 Å². The number of carboxylic acids is 1. The number of rotatable bonds is 4. The second kappa shape index (κ2) is 5.51. The normalized spacial score (nSPS) is 18.2. The number of piperidine rings is 1. The molecule has 0 spiro atoms. The van der Waals surface area contributed by atoms with E-state index in [4.69, 9.17) is 9.84 Å². The van der Waals surface area contributed by atoms with Gasteiger partial charge in [0.2, 0.25) is 0 Å². The summed E-state index contributed by atoms with van der Waals surface area (Å²) in [6.45, 7) is 2.59. The second-order valence-electron chi connectivity index (χ2n) is 4.30. The Morgan fingerprint density at radius 3 is 2.88 bits per heavy atom. The summed E-state index contributed by atoms with van der Waals surface area (Å²) in [6, 6.07) is 1.98. The smallest absolute Gasteiger partial charge is 0.306 e. The van der Waals surface area contributed by atoms with E-state index >= 15 is 0 Å². The van der Waals surface area contributed by atoms with Crippen molar-refractivity contribution in [1.82, 2.24) is 4.90 Å². The summed E-state index contributed by atoms with van der Waals surface area (Å²) in [5.41, 5.74) is 0. The van der Waals surface area contributed by atoms with Crippen LogP contribution in [-0.2, 0) is 11.3 Å². The van der Waals surface area contributed by atoms with Crippen LogP contribution in [0.2, 0.25) is 0 Å². The fourth-order valence-electron chi connectivity index (χ4n) is 2.17. The SMILES string of the molecule is COc1ccsc1CN1CCC(C(=O)O)CC1. The molecule has 0 bridgehead atoms. The summed E-state index contributed by atoms with van der Waals surface area (Å²) in [5, 5.41) is 11.0. The maximum Gasteiger partial charge on any atom is 0.306 e. The van der Waals surface area contributed by atoms with Crippen LogP contribution in [0.3, 0.4) is 0 Å². The quantitative estimate of drug-likeness (QED) is 0.894. The number of likely N-dealkylation sites (tertiary alicyclic amines) is 1. The van der Waals surface area contributed by atoms with E-state index in [9.17, 15) is 4.79 Å². The number of ether oxygens (including phenoxy) is 1. The number of carbonyl (C=O) groups is 1. The Hall–Kier alpha value is -1.07. The fraction of sp³-hybridized carbons (Fsp3) is 0.583. The number of aliphatic carboxylic acids is 1. The molecule has 1 aromatic rings. The lowest BCUT2D eigenvalue weighted by molar-refractivity contribution is -0.143. The average Bonchev–Trinajstić information content (AvgIpc) is 2.77. The van der Waals surface area contributed by atoms with E-state index in [0.29, 0.717) is 0 Å².